The number of carbonyl (C=O) groups is 1. The van der Waals surface area contributed by atoms with Gasteiger partial charge in [-0.2, -0.15) is 0 Å². The van der Waals surface area contributed by atoms with Crippen LogP contribution in [0.4, 0.5) is 5.95 Å². The Kier molecular flexibility index (Phi) is 7.26. The van der Waals surface area contributed by atoms with E-state index < -0.39 is 0 Å². The van der Waals surface area contributed by atoms with Crippen LogP contribution >= 0.6 is 23.1 Å². The summed E-state index contributed by atoms with van der Waals surface area (Å²) in [5, 5.41) is 14.5. The summed E-state index contributed by atoms with van der Waals surface area (Å²) in [6.07, 6.45) is 0.849. The van der Waals surface area contributed by atoms with Gasteiger partial charge in [-0.05, 0) is 43.3 Å². The van der Waals surface area contributed by atoms with E-state index in [1.807, 2.05) is 25.1 Å². The smallest absolute Gasteiger partial charge is 0.233 e. The van der Waals surface area contributed by atoms with Crippen molar-refractivity contribution in [2.75, 3.05) is 37.7 Å². The maximum Gasteiger partial charge on any atom is 0.233 e. The van der Waals surface area contributed by atoms with Gasteiger partial charge in [0.1, 0.15) is 0 Å². The lowest BCUT2D eigenvalue weighted by Gasteiger charge is -2.28. The first-order chi connectivity index (χ1) is 15.1. The third kappa shape index (κ3) is 5.28. The molecule has 0 unspecified atom stereocenters. The Morgan fingerprint density at radius 3 is 2.77 bits per heavy atom. The lowest BCUT2D eigenvalue weighted by atomic mass is 10.2. The molecule has 1 aliphatic rings. The van der Waals surface area contributed by atoms with Gasteiger partial charge in [0.25, 0.3) is 0 Å². The molecule has 31 heavy (non-hydrogen) atoms. The van der Waals surface area contributed by atoms with Gasteiger partial charge in [-0.3, -0.25) is 9.36 Å². The summed E-state index contributed by atoms with van der Waals surface area (Å²) in [6.45, 7) is 7.51. The molecule has 4 rings (SSSR count). The highest BCUT2D eigenvalue weighted by Crippen LogP contribution is 2.31. The SMILES string of the molecule is Cc1ccccc1-n1c(S[C@@H](C)C(=O)NCCc2cccs2)nnc1N1CCOCC1. The zero-order valence-corrected chi connectivity index (χ0v) is 19.4. The Morgan fingerprint density at radius 2 is 2.03 bits per heavy atom. The average Bonchev–Trinajstić information content (AvgIpc) is 3.45. The summed E-state index contributed by atoms with van der Waals surface area (Å²) in [6, 6.07) is 12.3. The zero-order chi connectivity index (χ0) is 21.6. The average molecular weight is 458 g/mol. The Hall–Kier alpha value is -2.36. The third-order valence-electron chi connectivity index (χ3n) is 5.17. The molecule has 1 N–H and O–H groups in total. The summed E-state index contributed by atoms with van der Waals surface area (Å²) >= 11 is 3.15. The minimum absolute atomic E-state index is 0.00816. The van der Waals surface area contributed by atoms with Crippen LogP contribution in [0.5, 0.6) is 0 Å². The molecular weight excluding hydrogens is 430 g/mol. The summed E-state index contributed by atoms with van der Waals surface area (Å²) < 4.78 is 7.57. The van der Waals surface area contributed by atoms with Crippen molar-refractivity contribution in [3.05, 3.63) is 52.2 Å². The van der Waals surface area contributed by atoms with Crippen LogP contribution in [0.2, 0.25) is 0 Å². The van der Waals surface area contributed by atoms with Gasteiger partial charge in [-0.15, -0.1) is 21.5 Å². The van der Waals surface area contributed by atoms with Gasteiger partial charge in [-0.1, -0.05) is 36.0 Å². The summed E-state index contributed by atoms with van der Waals surface area (Å²) in [5.41, 5.74) is 2.16. The molecule has 1 aromatic carbocycles. The molecule has 7 nitrogen and oxygen atoms in total. The molecule has 0 aliphatic carbocycles. The molecule has 1 fully saturated rings. The van der Waals surface area contributed by atoms with E-state index >= 15 is 0 Å². The van der Waals surface area contributed by atoms with Gasteiger partial charge in [0.05, 0.1) is 24.2 Å². The van der Waals surface area contributed by atoms with Crippen LogP contribution in [0.15, 0.2) is 46.9 Å². The number of morpholine rings is 1. The minimum Gasteiger partial charge on any atom is -0.378 e. The molecule has 2 aromatic heterocycles. The van der Waals surface area contributed by atoms with E-state index in [0.717, 1.165) is 41.9 Å². The maximum absolute atomic E-state index is 12.7. The molecule has 1 saturated heterocycles. The number of hydrogen-bond donors (Lipinski definition) is 1. The highest BCUT2D eigenvalue weighted by molar-refractivity contribution is 8.00. The number of carbonyl (C=O) groups excluding carboxylic acids is 1. The van der Waals surface area contributed by atoms with Crippen LogP contribution in [-0.4, -0.2) is 58.8 Å². The van der Waals surface area contributed by atoms with E-state index in [4.69, 9.17) is 4.74 Å². The van der Waals surface area contributed by atoms with Crippen molar-refractivity contribution in [3.63, 3.8) is 0 Å². The van der Waals surface area contributed by atoms with E-state index in [-0.39, 0.29) is 11.2 Å². The fourth-order valence-electron chi connectivity index (χ4n) is 3.45. The molecule has 164 valence electrons. The van der Waals surface area contributed by atoms with Crippen molar-refractivity contribution in [1.29, 1.82) is 0 Å². The third-order valence-corrected chi connectivity index (χ3v) is 7.15. The van der Waals surface area contributed by atoms with E-state index in [1.54, 1.807) is 11.3 Å². The quantitative estimate of drug-likeness (QED) is 0.523. The highest BCUT2D eigenvalue weighted by atomic mass is 32.2. The molecule has 0 bridgehead atoms. The maximum atomic E-state index is 12.7. The first-order valence-electron chi connectivity index (χ1n) is 10.4. The fourth-order valence-corrected chi connectivity index (χ4v) is 5.04. The van der Waals surface area contributed by atoms with E-state index in [0.29, 0.717) is 19.8 Å². The molecule has 1 amide bonds. The zero-order valence-electron chi connectivity index (χ0n) is 17.8. The predicted molar refractivity (Wildman–Crippen MR) is 125 cm³/mol. The predicted octanol–water partition coefficient (Wildman–Crippen LogP) is 3.31. The molecule has 0 saturated carbocycles. The second kappa shape index (κ2) is 10.3. The van der Waals surface area contributed by atoms with Crippen molar-refractivity contribution in [2.24, 2.45) is 0 Å². The summed E-state index contributed by atoms with van der Waals surface area (Å²) in [5.74, 6) is 0.805. The number of aromatic nitrogens is 3. The van der Waals surface area contributed by atoms with Crippen molar-refractivity contribution in [3.8, 4) is 5.69 Å². The van der Waals surface area contributed by atoms with Gasteiger partial charge >= 0.3 is 0 Å². The monoisotopic (exact) mass is 457 g/mol. The number of ether oxygens (including phenoxy) is 1. The van der Waals surface area contributed by atoms with Crippen LogP contribution in [-0.2, 0) is 16.0 Å². The number of hydrogen-bond acceptors (Lipinski definition) is 7. The van der Waals surface area contributed by atoms with Crippen LogP contribution < -0.4 is 10.2 Å². The molecule has 9 heteroatoms. The second-order valence-corrected chi connectivity index (χ2v) is 9.72. The number of amides is 1. The number of thioether (sulfide) groups is 1. The van der Waals surface area contributed by atoms with Crippen molar-refractivity contribution < 1.29 is 9.53 Å². The molecule has 3 heterocycles. The number of anilines is 1. The molecule has 1 atom stereocenters. The number of aryl methyl sites for hydroxylation is 1. The van der Waals surface area contributed by atoms with E-state index in [2.05, 4.69) is 55.5 Å². The van der Waals surface area contributed by atoms with Crippen molar-refractivity contribution in [1.82, 2.24) is 20.1 Å². The first kappa shape index (κ1) is 21.9. The van der Waals surface area contributed by atoms with Crippen LogP contribution in [0.1, 0.15) is 17.4 Å². The molecule has 1 aliphatic heterocycles. The lowest BCUT2D eigenvalue weighted by molar-refractivity contribution is -0.120. The van der Waals surface area contributed by atoms with Gasteiger partial charge in [0.2, 0.25) is 11.9 Å². The highest BCUT2D eigenvalue weighted by Gasteiger charge is 2.25. The number of benzene rings is 1. The molecule has 3 aromatic rings. The van der Waals surface area contributed by atoms with Gasteiger partial charge in [0.15, 0.2) is 5.16 Å². The minimum atomic E-state index is -0.284. The van der Waals surface area contributed by atoms with Crippen LogP contribution in [0.3, 0.4) is 0 Å². The Morgan fingerprint density at radius 1 is 1.23 bits per heavy atom. The standard InChI is InChI=1S/C22H27N5O2S2/c1-16-6-3-4-8-19(16)27-21(26-11-13-29-14-12-26)24-25-22(27)31-17(2)20(28)23-10-9-18-7-5-15-30-18/h3-8,15,17H,9-14H2,1-2H3,(H,23,28)/t17-/m0/s1. The second-order valence-electron chi connectivity index (χ2n) is 7.38. The number of para-hydroxylation sites is 1. The number of rotatable bonds is 8. The van der Waals surface area contributed by atoms with Crippen molar-refractivity contribution in [2.45, 2.75) is 30.7 Å². The van der Waals surface area contributed by atoms with Crippen LogP contribution in [0.25, 0.3) is 5.69 Å². The molecule has 0 spiro atoms. The summed E-state index contributed by atoms with van der Waals surface area (Å²) in [4.78, 5) is 16.2. The van der Waals surface area contributed by atoms with Gasteiger partial charge in [-0.25, -0.2) is 0 Å². The van der Waals surface area contributed by atoms with E-state index in [1.165, 1.54) is 16.6 Å². The topological polar surface area (TPSA) is 72.3 Å². The van der Waals surface area contributed by atoms with Gasteiger partial charge < -0.3 is 15.0 Å². The fraction of sp³-hybridized carbons (Fsp3) is 0.409. The number of nitrogens with zero attached hydrogens (tertiary/aromatic N) is 4. The number of nitrogens with one attached hydrogen (secondary N) is 1. The van der Waals surface area contributed by atoms with Crippen LogP contribution in [0, 0.1) is 6.92 Å². The lowest BCUT2D eigenvalue weighted by Crippen LogP contribution is -2.38. The Bertz CT molecular complexity index is 999. The summed E-state index contributed by atoms with van der Waals surface area (Å²) in [7, 11) is 0. The Balaban J connectivity index is 1.51. The van der Waals surface area contributed by atoms with Gasteiger partial charge in [0, 0.05) is 24.5 Å². The molecule has 0 radical (unpaired) electrons. The van der Waals surface area contributed by atoms with Crippen molar-refractivity contribution >= 4 is 35.0 Å². The number of thiophene rings is 1. The largest absolute Gasteiger partial charge is 0.378 e. The van der Waals surface area contributed by atoms with E-state index in [9.17, 15) is 4.79 Å². The Labute approximate surface area is 190 Å². The molecular formula is C22H27N5O2S2. The normalized spacial score (nSPS) is 15.1. The first-order valence-corrected chi connectivity index (χ1v) is 12.2.